The van der Waals surface area contributed by atoms with Crippen LogP contribution in [0.3, 0.4) is 0 Å². The summed E-state index contributed by atoms with van der Waals surface area (Å²) in [5, 5.41) is 13.1. The minimum Gasteiger partial charge on any atom is -0.456 e. The Labute approximate surface area is 333 Å². The third kappa shape index (κ3) is 5.25. The van der Waals surface area contributed by atoms with Gasteiger partial charge in [-0.25, -0.2) is 9.98 Å². The molecule has 0 radical (unpaired) electrons. The van der Waals surface area contributed by atoms with E-state index < -0.39 is 0 Å². The van der Waals surface area contributed by atoms with Crippen molar-refractivity contribution in [3.8, 4) is 16.8 Å². The monoisotopic (exact) mass is 742 g/mol. The minimum absolute atomic E-state index is 0.308. The molecule has 0 bridgehead atoms. The highest BCUT2D eigenvalue weighted by Crippen LogP contribution is 2.41. The fraction of sp³-hybridized carbons (Fsp3) is 0.0189. The van der Waals surface area contributed by atoms with Crippen molar-refractivity contribution in [2.75, 3.05) is 0 Å². The molecule has 3 heterocycles. The van der Waals surface area contributed by atoms with Gasteiger partial charge in [-0.3, -0.25) is 0 Å². The van der Waals surface area contributed by atoms with Gasteiger partial charge in [0.05, 0.1) is 16.7 Å². The van der Waals surface area contributed by atoms with Gasteiger partial charge >= 0.3 is 0 Å². The summed E-state index contributed by atoms with van der Waals surface area (Å²) in [6.07, 6.45) is -0.308. The van der Waals surface area contributed by atoms with Gasteiger partial charge in [0.2, 0.25) is 0 Å². The lowest BCUT2D eigenvalue weighted by atomic mass is 9.98. The van der Waals surface area contributed by atoms with Crippen molar-refractivity contribution in [2.45, 2.75) is 6.17 Å². The predicted octanol–water partition coefficient (Wildman–Crippen LogP) is 13.2. The van der Waals surface area contributed by atoms with Crippen LogP contribution in [0.15, 0.2) is 209 Å². The predicted molar refractivity (Wildman–Crippen MR) is 240 cm³/mol. The van der Waals surface area contributed by atoms with Crippen molar-refractivity contribution in [1.29, 1.82) is 0 Å². The van der Waals surface area contributed by atoms with E-state index in [0.29, 0.717) is 5.84 Å². The lowest BCUT2D eigenvalue weighted by Gasteiger charge is -2.24. The number of nitrogens with one attached hydrogen (secondary N) is 1. The van der Waals surface area contributed by atoms with Gasteiger partial charge in [0.1, 0.15) is 23.2 Å². The summed E-state index contributed by atoms with van der Waals surface area (Å²) in [4.78, 5) is 10.5. The molecule has 0 amide bonds. The lowest BCUT2D eigenvalue weighted by molar-refractivity contribution is 0.669. The second-order valence-corrected chi connectivity index (χ2v) is 15.0. The molecule has 0 saturated carbocycles. The SMILES string of the molecule is c1ccc(C2=NC(c3ccc(-n4c5cc6ccccc6cc5c5cc6ccccc6cc54)c(-c4ccc5c(c4)oc4ccccc45)c3)=NC(c3ccccc3)N2)cc1. The lowest BCUT2D eigenvalue weighted by Crippen LogP contribution is -2.33. The Hall–Kier alpha value is -7.76. The van der Waals surface area contributed by atoms with Gasteiger partial charge in [-0.1, -0.05) is 133 Å². The number of nitrogens with zero attached hydrogens (tertiary/aromatic N) is 3. The molecule has 5 heteroatoms. The fourth-order valence-corrected chi connectivity index (χ4v) is 8.77. The summed E-state index contributed by atoms with van der Waals surface area (Å²) >= 11 is 0. The third-order valence-electron chi connectivity index (χ3n) is 11.6. The summed E-state index contributed by atoms with van der Waals surface area (Å²) in [5.74, 6) is 1.46. The van der Waals surface area contributed by atoms with E-state index in [2.05, 4.69) is 168 Å². The van der Waals surface area contributed by atoms with E-state index in [0.717, 1.165) is 72.3 Å². The normalized spacial score (nSPS) is 14.4. The molecule has 1 atom stereocenters. The first-order valence-electron chi connectivity index (χ1n) is 19.7. The highest BCUT2D eigenvalue weighted by Gasteiger charge is 2.24. The number of aliphatic imine (C=N–C) groups is 2. The number of hydrogen-bond acceptors (Lipinski definition) is 4. The van der Waals surface area contributed by atoms with Crippen LogP contribution in [0.2, 0.25) is 0 Å². The molecule has 2 aromatic heterocycles. The van der Waals surface area contributed by atoms with Crippen LogP contribution in [-0.4, -0.2) is 16.2 Å². The average molecular weight is 743 g/mol. The summed E-state index contributed by atoms with van der Waals surface area (Å²) < 4.78 is 8.94. The molecule has 11 aromatic rings. The first kappa shape index (κ1) is 32.5. The molecule has 1 aliphatic rings. The second kappa shape index (κ2) is 12.9. The number of para-hydroxylation sites is 1. The van der Waals surface area contributed by atoms with Gasteiger partial charge in [0.25, 0.3) is 0 Å². The van der Waals surface area contributed by atoms with Crippen LogP contribution in [0.25, 0.3) is 82.1 Å². The zero-order valence-electron chi connectivity index (χ0n) is 31.3. The molecule has 272 valence electrons. The maximum absolute atomic E-state index is 6.49. The summed E-state index contributed by atoms with van der Waals surface area (Å²) in [7, 11) is 0. The molecule has 0 fully saturated rings. The number of furan rings is 1. The topological polar surface area (TPSA) is 54.8 Å². The van der Waals surface area contributed by atoms with E-state index >= 15 is 0 Å². The Morgan fingerprint density at radius 1 is 0.448 bits per heavy atom. The standard InChI is InChI=1S/C53H34N4O/c1-3-13-33(14-4-1)51-54-52(34-15-5-2-6-16-34)56-53(55-51)40-24-26-46(43(29-40)39-23-25-42-41-21-11-12-22-49(41)58-50(42)32-39)57-47-30-37-19-9-7-17-35(37)27-44(47)45-28-36-18-8-10-20-38(36)31-48(45)57/h1-32,51H,(H,54,55,56). The second-order valence-electron chi connectivity index (χ2n) is 15.0. The van der Waals surface area contributed by atoms with Gasteiger partial charge in [-0.15, -0.1) is 0 Å². The summed E-state index contributed by atoms with van der Waals surface area (Å²) in [5.41, 5.74) is 10.2. The van der Waals surface area contributed by atoms with Gasteiger partial charge in [0, 0.05) is 38.2 Å². The molecule has 58 heavy (non-hydrogen) atoms. The maximum atomic E-state index is 6.49. The zero-order valence-corrected chi connectivity index (χ0v) is 31.3. The Morgan fingerprint density at radius 2 is 1.03 bits per heavy atom. The molecule has 1 N–H and O–H groups in total. The van der Waals surface area contributed by atoms with E-state index in [1.54, 1.807) is 0 Å². The third-order valence-corrected chi connectivity index (χ3v) is 11.6. The van der Waals surface area contributed by atoms with E-state index in [4.69, 9.17) is 14.4 Å². The Balaban J connectivity index is 1.14. The highest BCUT2D eigenvalue weighted by molar-refractivity contribution is 6.18. The van der Waals surface area contributed by atoms with Crippen LogP contribution >= 0.6 is 0 Å². The molecular weight excluding hydrogens is 709 g/mol. The van der Waals surface area contributed by atoms with Crippen LogP contribution in [0.1, 0.15) is 22.9 Å². The molecular formula is C53H34N4O. The van der Waals surface area contributed by atoms with Gasteiger partial charge in [-0.05, 0) is 93.3 Å². The maximum Gasteiger partial charge on any atom is 0.159 e. The number of amidine groups is 2. The van der Waals surface area contributed by atoms with E-state index in [9.17, 15) is 0 Å². The van der Waals surface area contributed by atoms with E-state index in [1.165, 1.54) is 32.3 Å². The van der Waals surface area contributed by atoms with Gasteiger partial charge in [-0.2, -0.15) is 0 Å². The van der Waals surface area contributed by atoms with Crippen LogP contribution < -0.4 is 5.32 Å². The van der Waals surface area contributed by atoms with Crippen molar-refractivity contribution in [2.24, 2.45) is 9.98 Å². The van der Waals surface area contributed by atoms with E-state index in [-0.39, 0.29) is 6.17 Å². The van der Waals surface area contributed by atoms with Crippen LogP contribution in [0.4, 0.5) is 0 Å². The van der Waals surface area contributed by atoms with Gasteiger partial charge < -0.3 is 14.3 Å². The highest BCUT2D eigenvalue weighted by atomic mass is 16.3. The van der Waals surface area contributed by atoms with Crippen molar-refractivity contribution < 1.29 is 4.42 Å². The Morgan fingerprint density at radius 3 is 1.74 bits per heavy atom. The molecule has 1 unspecified atom stereocenters. The molecule has 0 saturated heterocycles. The number of rotatable bonds is 5. The molecule has 0 aliphatic carbocycles. The van der Waals surface area contributed by atoms with E-state index in [1.807, 2.05) is 36.4 Å². The molecule has 1 aliphatic heterocycles. The minimum atomic E-state index is -0.308. The Kier molecular flexibility index (Phi) is 7.23. The van der Waals surface area contributed by atoms with Crippen molar-refractivity contribution in [3.05, 3.63) is 211 Å². The molecule has 5 nitrogen and oxygen atoms in total. The first-order valence-corrected chi connectivity index (χ1v) is 19.7. The Bertz CT molecular complexity index is 3390. The van der Waals surface area contributed by atoms with Crippen LogP contribution in [-0.2, 0) is 0 Å². The largest absolute Gasteiger partial charge is 0.456 e. The number of aromatic nitrogens is 1. The number of hydrogen-bond donors (Lipinski definition) is 1. The smallest absolute Gasteiger partial charge is 0.159 e. The quantitative estimate of drug-likeness (QED) is 0.191. The van der Waals surface area contributed by atoms with Crippen LogP contribution in [0.5, 0.6) is 0 Å². The van der Waals surface area contributed by atoms with Crippen molar-refractivity contribution >= 4 is 77.0 Å². The molecule has 0 spiro atoms. The summed E-state index contributed by atoms with van der Waals surface area (Å²) in [6.45, 7) is 0. The van der Waals surface area contributed by atoms with Crippen LogP contribution in [0, 0.1) is 0 Å². The fourth-order valence-electron chi connectivity index (χ4n) is 8.77. The molecule has 9 aromatic carbocycles. The van der Waals surface area contributed by atoms with Gasteiger partial charge in [0.15, 0.2) is 5.84 Å². The average Bonchev–Trinajstić information content (AvgIpc) is 3.81. The van der Waals surface area contributed by atoms with Crippen molar-refractivity contribution in [3.63, 3.8) is 0 Å². The first-order chi connectivity index (χ1) is 28.7. The molecule has 12 rings (SSSR count). The number of benzene rings is 9. The van der Waals surface area contributed by atoms with Crippen molar-refractivity contribution in [1.82, 2.24) is 9.88 Å². The zero-order chi connectivity index (χ0) is 38.2. The number of fused-ring (bicyclic) bond motifs is 8. The summed E-state index contributed by atoms with van der Waals surface area (Å²) in [6, 6.07) is 68.8.